The number of rotatable bonds is 5. The van der Waals surface area contributed by atoms with Crippen molar-refractivity contribution in [3.63, 3.8) is 0 Å². The third-order valence-corrected chi connectivity index (χ3v) is 9.80. The van der Waals surface area contributed by atoms with Crippen LogP contribution in [0.4, 0.5) is 4.79 Å². The number of benzene rings is 2. The summed E-state index contributed by atoms with van der Waals surface area (Å²) < 4.78 is 1.79. The van der Waals surface area contributed by atoms with Crippen molar-refractivity contribution < 1.29 is 4.79 Å². The molecule has 3 heterocycles. The molecule has 2 saturated heterocycles. The lowest BCUT2D eigenvalue weighted by atomic mass is 9.69. The lowest BCUT2D eigenvalue weighted by molar-refractivity contribution is 0.0208. The quantitative estimate of drug-likeness (QED) is 0.475. The van der Waals surface area contributed by atoms with Crippen molar-refractivity contribution in [1.82, 2.24) is 24.7 Å². The summed E-state index contributed by atoms with van der Waals surface area (Å²) in [4.78, 5) is 36.2. The van der Waals surface area contributed by atoms with Gasteiger partial charge in [0.15, 0.2) is 0 Å². The maximum atomic E-state index is 14.1. The summed E-state index contributed by atoms with van der Waals surface area (Å²) in [5.74, 6) is 0.362. The minimum Gasteiger partial charge on any atom is -0.324 e. The van der Waals surface area contributed by atoms with Crippen LogP contribution in [0.3, 0.4) is 0 Å². The van der Waals surface area contributed by atoms with Gasteiger partial charge in [-0.15, -0.1) is 0 Å². The van der Waals surface area contributed by atoms with Gasteiger partial charge in [-0.2, -0.15) is 0 Å². The Kier molecular flexibility index (Phi) is 7.74. The monoisotopic (exact) mass is 539 g/mol. The normalized spacial score (nSPS) is 24.4. The molecule has 3 aliphatic rings. The minimum atomic E-state index is -0.00128. The zero-order valence-electron chi connectivity index (χ0n) is 23.5. The number of amides is 2. The van der Waals surface area contributed by atoms with Crippen molar-refractivity contribution in [3.05, 3.63) is 89.0 Å². The molecule has 1 N–H and O–H groups in total. The molecule has 6 rings (SSSR count). The van der Waals surface area contributed by atoms with Crippen molar-refractivity contribution >= 4 is 6.03 Å². The standard InChI is InChI=1S/C33H41N5O2/c1-34-28-15-19-38(30(20-28)26-12-6-3-7-13-26)32(40)36-18-14-27(33(23-36)16-8-9-17-33)22-37-24-35-29(21-31(37)39)25-10-4-2-5-11-25/h2-7,10-13,21,24,27-28,30,34H,8-9,14-20,22-23H2,1H3/t27-,28+,30-/m0/s1. The lowest BCUT2D eigenvalue weighted by Crippen LogP contribution is -2.56. The summed E-state index contributed by atoms with van der Waals surface area (Å²) >= 11 is 0. The Morgan fingerprint density at radius 2 is 1.73 bits per heavy atom. The Morgan fingerprint density at radius 1 is 1.00 bits per heavy atom. The molecule has 40 heavy (non-hydrogen) atoms. The number of nitrogens with zero attached hydrogens (tertiary/aromatic N) is 4. The summed E-state index contributed by atoms with van der Waals surface area (Å²) in [5.41, 5.74) is 2.95. The second kappa shape index (κ2) is 11.6. The van der Waals surface area contributed by atoms with Crippen LogP contribution < -0.4 is 10.9 Å². The van der Waals surface area contributed by atoms with Crippen LogP contribution >= 0.6 is 0 Å². The third kappa shape index (κ3) is 5.31. The Bertz CT molecular complexity index is 1350. The van der Waals surface area contributed by atoms with E-state index in [1.54, 1.807) is 17.0 Å². The SMILES string of the molecule is CN[C@@H]1CCN(C(=O)N2CC[C@@H](Cn3cnc(-c4ccccc4)cc3=O)C3(CCCC3)C2)[C@H](c2ccccc2)C1. The summed E-state index contributed by atoms with van der Waals surface area (Å²) in [7, 11) is 2.02. The number of piperidine rings is 2. The predicted octanol–water partition coefficient (Wildman–Crippen LogP) is 5.34. The lowest BCUT2D eigenvalue weighted by Gasteiger charge is -2.49. The van der Waals surface area contributed by atoms with Crippen molar-refractivity contribution in [3.8, 4) is 11.3 Å². The Labute approximate surface area is 237 Å². The molecule has 1 aromatic heterocycles. The second-order valence-corrected chi connectivity index (χ2v) is 12.0. The highest BCUT2D eigenvalue weighted by molar-refractivity contribution is 5.75. The molecule has 3 atom stereocenters. The number of hydrogen-bond acceptors (Lipinski definition) is 4. The van der Waals surface area contributed by atoms with E-state index < -0.39 is 0 Å². The van der Waals surface area contributed by atoms with E-state index >= 15 is 0 Å². The highest BCUT2D eigenvalue weighted by atomic mass is 16.2. The van der Waals surface area contributed by atoms with Gasteiger partial charge in [0.25, 0.3) is 5.56 Å². The van der Waals surface area contributed by atoms with Crippen LogP contribution in [0.25, 0.3) is 11.3 Å². The number of aromatic nitrogens is 2. The molecule has 7 heteroatoms. The molecular formula is C33H41N5O2. The molecule has 7 nitrogen and oxygen atoms in total. The fourth-order valence-corrected chi connectivity index (χ4v) is 7.50. The van der Waals surface area contributed by atoms with Gasteiger partial charge < -0.3 is 15.1 Å². The van der Waals surface area contributed by atoms with Crippen LogP contribution in [0.15, 0.2) is 77.9 Å². The first-order valence-electron chi connectivity index (χ1n) is 15.0. The van der Waals surface area contributed by atoms with E-state index in [-0.39, 0.29) is 23.0 Å². The first-order valence-corrected chi connectivity index (χ1v) is 15.0. The zero-order chi connectivity index (χ0) is 27.5. The highest BCUT2D eigenvalue weighted by Gasteiger charge is 2.47. The van der Waals surface area contributed by atoms with E-state index in [0.717, 1.165) is 57.3 Å². The Hall–Kier alpha value is -3.45. The van der Waals surface area contributed by atoms with Crippen LogP contribution in [0.5, 0.6) is 0 Å². The van der Waals surface area contributed by atoms with Gasteiger partial charge in [-0.25, -0.2) is 9.78 Å². The largest absolute Gasteiger partial charge is 0.324 e. The van der Waals surface area contributed by atoms with E-state index in [1.807, 2.05) is 43.4 Å². The van der Waals surface area contributed by atoms with Gasteiger partial charge in [-0.05, 0) is 56.0 Å². The summed E-state index contributed by atoms with van der Waals surface area (Å²) in [6.45, 7) is 2.96. The maximum Gasteiger partial charge on any atom is 0.320 e. The first-order chi connectivity index (χ1) is 19.6. The van der Waals surface area contributed by atoms with Crippen molar-refractivity contribution in [2.24, 2.45) is 11.3 Å². The Morgan fingerprint density at radius 3 is 2.42 bits per heavy atom. The van der Waals surface area contributed by atoms with Crippen LogP contribution in [0.2, 0.25) is 0 Å². The molecule has 2 aliphatic heterocycles. The van der Waals surface area contributed by atoms with Gasteiger partial charge in [-0.3, -0.25) is 9.36 Å². The first kappa shape index (κ1) is 26.8. The second-order valence-electron chi connectivity index (χ2n) is 12.0. The van der Waals surface area contributed by atoms with E-state index in [4.69, 9.17) is 0 Å². The third-order valence-electron chi connectivity index (χ3n) is 9.80. The number of hydrogen-bond donors (Lipinski definition) is 1. The molecule has 2 aromatic carbocycles. The molecule has 1 spiro atoms. The van der Waals surface area contributed by atoms with Gasteiger partial charge in [-0.1, -0.05) is 73.5 Å². The average Bonchev–Trinajstić information content (AvgIpc) is 3.48. The molecule has 0 radical (unpaired) electrons. The molecule has 1 saturated carbocycles. The van der Waals surface area contributed by atoms with Crippen molar-refractivity contribution in [2.75, 3.05) is 26.7 Å². The molecule has 2 amide bonds. The van der Waals surface area contributed by atoms with Crippen LogP contribution in [-0.2, 0) is 6.54 Å². The maximum absolute atomic E-state index is 14.1. The van der Waals surface area contributed by atoms with E-state index in [1.165, 1.54) is 18.4 Å². The number of carbonyl (C=O) groups excluding carboxylic acids is 1. The summed E-state index contributed by atoms with van der Waals surface area (Å²) in [6, 6.07) is 22.7. The van der Waals surface area contributed by atoms with E-state index in [9.17, 15) is 9.59 Å². The van der Waals surface area contributed by atoms with Gasteiger partial charge in [0.1, 0.15) is 0 Å². The van der Waals surface area contributed by atoms with Crippen LogP contribution in [0.1, 0.15) is 56.6 Å². The molecule has 3 aromatic rings. The van der Waals surface area contributed by atoms with E-state index in [0.29, 0.717) is 24.2 Å². The van der Waals surface area contributed by atoms with Gasteiger partial charge in [0.05, 0.1) is 18.1 Å². The number of likely N-dealkylation sites (tertiary alicyclic amines) is 2. The van der Waals surface area contributed by atoms with Crippen molar-refractivity contribution in [1.29, 1.82) is 0 Å². The molecule has 1 aliphatic carbocycles. The number of urea groups is 1. The smallest absolute Gasteiger partial charge is 0.320 e. The Balaban J connectivity index is 1.19. The van der Waals surface area contributed by atoms with Crippen LogP contribution in [-0.4, -0.2) is 58.1 Å². The molecule has 210 valence electrons. The molecule has 0 bridgehead atoms. The van der Waals surface area contributed by atoms with Gasteiger partial charge >= 0.3 is 6.03 Å². The molecule has 3 fully saturated rings. The predicted molar refractivity (Wildman–Crippen MR) is 158 cm³/mol. The van der Waals surface area contributed by atoms with E-state index in [2.05, 4.69) is 44.4 Å². The summed E-state index contributed by atoms with van der Waals surface area (Å²) in [6.07, 6.45) is 9.18. The zero-order valence-corrected chi connectivity index (χ0v) is 23.5. The number of carbonyl (C=O) groups is 1. The average molecular weight is 540 g/mol. The highest BCUT2D eigenvalue weighted by Crippen LogP contribution is 2.49. The van der Waals surface area contributed by atoms with Crippen molar-refractivity contribution in [2.45, 2.75) is 63.6 Å². The van der Waals surface area contributed by atoms with Gasteiger partial charge in [0, 0.05) is 43.9 Å². The fraction of sp³-hybridized carbons (Fsp3) is 0.485. The molecule has 0 unspecified atom stereocenters. The molecular weight excluding hydrogens is 498 g/mol. The van der Waals surface area contributed by atoms with Gasteiger partial charge in [0.2, 0.25) is 0 Å². The number of nitrogens with one attached hydrogen (secondary N) is 1. The fourth-order valence-electron chi connectivity index (χ4n) is 7.50. The van der Waals surface area contributed by atoms with Crippen LogP contribution in [0, 0.1) is 11.3 Å². The minimum absolute atomic E-state index is 0.00128. The topological polar surface area (TPSA) is 70.5 Å². The summed E-state index contributed by atoms with van der Waals surface area (Å²) in [5, 5.41) is 3.44.